The fourth-order valence-corrected chi connectivity index (χ4v) is 0.943. The molecular weight excluding hydrogens is 257 g/mol. The van der Waals surface area contributed by atoms with Gasteiger partial charge in [0.1, 0.15) is 5.82 Å². The van der Waals surface area contributed by atoms with Gasteiger partial charge in [-0.3, -0.25) is 14.9 Å². The van der Waals surface area contributed by atoms with Crippen LogP contribution in [0.25, 0.3) is 0 Å². The SMILES string of the molecule is O=C(CS)CCl.O=[N+]([O-])c1ccc(F)cc1. The minimum absolute atomic E-state index is 0.0278. The summed E-state index contributed by atoms with van der Waals surface area (Å²) < 4.78 is 12.1. The average Bonchev–Trinajstić information content (AvgIpc) is 2.29. The predicted octanol–water partition coefficient (Wildman–Crippen LogP) is 2.46. The number of nitro groups is 1. The van der Waals surface area contributed by atoms with Crippen molar-refractivity contribution in [2.45, 2.75) is 0 Å². The fourth-order valence-electron chi connectivity index (χ4n) is 0.605. The molecule has 0 saturated heterocycles. The molecule has 0 saturated carbocycles. The van der Waals surface area contributed by atoms with Crippen molar-refractivity contribution in [3.05, 3.63) is 40.2 Å². The molecule has 0 aromatic heterocycles. The summed E-state index contributed by atoms with van der Waals surface area (Å²) in [6.07, 6.45) is 0. The summed E-state index contributed by atoms with van der Waals surface area (Å²) in [5.74, 6) is -0.155. The van der Waals surface area contributed by atoms with Crippen molar-refractivity contribution in [2.24, 2.45) is 0 Å². The van der Waals surface area contributed by atoms with Gasteiger partial charge in [0.2, 0.25) is 0 Å². The molecule has 0 aliphatic heterocycles. The molecule has 0 radical (unpaired) electrons. The molecule has 1 aromatic rings. The standard InChI is InChI=1S/C6H4FNO2.C3H5ClOS/c7-5-1-3-6(4-2-5)8(9)10;4-1-3(5)2-6/h1-4H;6H,1-2H2. The number of Topliss-reactive ketones (excluding diaryl/α,β-unsaturated/α-hetero) is 1. The summed E-state index contributed by atoms with van der Waals surface area (Å²) in [5.41, 5.74) is -0.0959. The van der Waals surface area contributed by atoms with Crippen LogP contribution in [-0.4, -0.2) is 22.3 Å². The first-order valence-electron chi connectivity index (χ1n) is 4.09. The second-order valence-electron chi connectivity index (χ2n) is 2.56. The van der Waals surface area contributed by atoms with Crippen LogP contribution in [0.4, 0.5) is 10.1 Å². The molecule has 16 heavy (non-hydrogen) atoms. The Morgan fingerprint density at radius 1 is 1.44 bits per heavy atom. The van der Waals surface area contributed by atoms with Crippen molar-refractivity contribution in [1.29, 1.82) is 0 Å². The molecule has 7 heteroatoms. The number of halogens is 2. The maximum atomic E-state index is 12.1. The van der Waals surface area contributed by atoms with Crippen LogP contribution in [-0.2, 0) is 4.79 Å². The number of carbonyl (C=O) groups is 1. The highest BCUT2D eigenvalue weighted by atomic mass is 35.5. The fraction of sp³-hybridized carbons (Fsp3) is 0.222. The Morgan fingerprint density at radius 2 is 1.94 bits per heavy atom. The molecule has 1 rings (SSSR count). The second-order valence-corrected chi connectivity index (χ2v) is 3.15. The van der Waals surface area contributed by atoms with Crippen molar-refractivity contribution < 1.29 is 14.1 Å². The third-order valence-corrected chi connectivity index (χ3v) is 2.01. The van der Waals surface area contributed by atoms with Crippen molar-refractivity contribution >= 4 is 35.7 Å². The van der Waals surface area contributed by atoms with Crippen LogP contribution in [0.15, 0.2) is 24.3 Å². The van der Waals surface area contributed by atoms with Gasteiger partial charge >= 0.3 is 0 Å². The molecule has 0 N–H and O–H groups in total. The van der Waals surface area contributed by atoms with Crippen molar-refractivity contribution in [3.8, 4) is 0 Å². The minimum atomic E-state index is -0.570. The Labute approximate surface area is 102 Å². The van der Waals surface area contributed by atoms with Gasteiger partial charge in [0.25, 0.3) is 5.69 Å². The lowest BCUT2D eigenvalue weighted by molar-refractivity contribution is -0.384. The van der Waals surface area contributed by atoms with Crippen LogP contribution in [0.2, 0.25) is 0 Å². The van der Waals surface area contributed by atoms with E-state index in [4.69, 9.17) is 11.6 Å². The largest absolute Gasteiger partial charge is 0.297 e. The Hall–Kier alpha value is -1.14. The summed E-state index contributed by atoms with van der Waals surface area (Å²) >= 11 is 8.72. The highest BCUT2D eigenvalue weighted by Crippen LogP contribution is 2.09. The molecule has 4 nitrogen and oxygen atoms in total. The van der Waals surface area contributed by atoms with Gasteiger partial charge in [-0.05, 0) is 12.1 Å². The molecule has 0 amide bonds. The molecule has 0 aliphatic carbocycles. The highest BCUT2D eigenvalue weighted by Gasteiger charge is 2.02. The van der Waals surface area contributed by atoms with Gasteiger partial charge in [-0.15, -0.1) is 11.6 Å². The molecule has 0 fully saturated rings. The van der Waals surface area contributed by atoms with E-state index in [0.717, 1.165) is 24.3 Å². The zero-order chi connectivity index (χ0) is 12.6. The smallest absolute Gasteiger partial charge is 0.269 e. The molecule has 0 heterocycles. The number of carbonyl (C=O) groups excluding carboxylic acids is 1. The van der Waals surface area contributed by atoms with Crippen LogP contribution < -0.4 is 0 Å². The number of benzene rings is 1. The van der Waals surface area contributed by atoms with Crippen molar-refractivity contribution in [2.75, 3.05) is 11.6 Å². The van der Waals surface area contributed by atoms with Crippen LogP contribution >= 0.6 is 24.2 Å². The number of ketones is 1. The van der Waals surface area contributed by atoms with E-state index in [1.54, 1.807) is 0 Å². The first-order chi connectivity index (χ1) is 7.51. The maximum Gasteiger partial charge on any atom is 0.269 e. The molecular formula is C9H9ClFNO3S. The van der Waals surface area contributed by atoms with Crippen molar-refractivity contribution in [3.63, 3.8) is 0 Å². The molecule has 0 atom stereocenters. The molecule has 0 aliphatic rings. The quantitative estimate of drug-likeness (QED) is 0.395. The monoisotopic (exact) mass is 265 g/mol. The van der Waals surface area contributed by atoms with Crippen molar-refractivity contribution in [1.82, 2.24) is 0 Å². The summed E-state index contributed by atoms with van der Waals surface area (Å²) in [7, 11) is 0. The number of rotatable bonds is 3. The average molecular weight is 266 g/mol. The van der Waals surface area contributed by atoms with E-state index in [1.807, 2.05) is 0 Å². The van der Waals surface area contributed by atoms with E-state index in [9.17, 15) is 19.3 Å². The first kappa shape index (κ1) is 14.9. The molecule has 1 aromatic carbocycles. The Bertz CT molecular complexity index is 352. The third kappa shape index (κ3) is 6.36. The van der Waals surface area contributed by atoms with Crippen LogP contribution in [0.5, 0.6) is 0 Å². The van der Waals surface area contributed by atoms with Crippen LogP contribution in [0.3, 0.4) is 0 Å². The number of non-ortho nitro benzene ring substituents is 1. The van der Waals surface area contributed by atoms with E-state index in [1.165, 1.54) is 0 Å². The molecule has 0 unspecified atom stereocenters. The summed E-state index contributed by atoms with van der Waals surface area (Å²) in [6, 6.07) is 4.35. The van der Waals surface area contributed by atoms with E-state index in [-0.39, 0.29) is 23.1 Å². The van der Waals surface area contributed by atoms with Crippen LogP contribution in [0.1, 0.15) is 0 Å². The van der Waals surface area contributed by atoms with Crippen LogP contribution in [0, 0.1) is 15.9 Å². The zero-order valence-electron chi connectivity index (χ0n) is 8.10. The predicted molar refractivity (Wildman–Crippen MR) is 62.6 cm³/mol. The minimum Gasteiger partial charge on any atom is -0.297 e. The van der Waals surface area contributed by atoms with Gasteiger partial charge < -0.3 is 0 Å². The Kier molecular flexibility index (Phi) is 7.49. The van der Waals surface area contributed by atoms with Gasteiger partial charge in [-0.1, -0.05) is 0 Å². The lowest BCUT2D eigenvalue weighted by Crippen LogP contribution is -1.98. The number of nitro benzene ring substituents is 1. The summed E-state index contributed by atoms with van der Waals surface area (Å²) in [6.45, 7) is 0. The van der Waals surface area contributed by atoms with Gasteiger partial charge in [0.05, 0.1) is 16.6 Å². The van der Waals surface area contributed by atoms with Gasteiger partial charge in [0, 0.05) is 12.1 Å². The lowest BCUT2D eigenvalue weighted by Gasteiger charge is -1.87. The zero-order valence-corrected chi connectivity index (χ0v) is 9.75. The highest BCUT2D eigenvalue weighted by molar-refractivity contribution is 7.81. The number of nitrogens with zero attached hydrogens (tertiary/aromatic N) is 1. The number of thiol groups is 1. The Balaban J connectivity index is 0.000000325. The lowest BCUT2D eigenvalue weighted by atomic mass is 10.3. The summed E-state index contributed by atoms with van der Waals surface area (Å²) in [5, 5.41) is 10.00. The molecule has 0 bridgehead atoms. The topological polar surface area (TPSA) is 60.2 Å². The molecule has 0 spiro atoms. The van der Waals surface area contributed by atoms with Gasteiger partial charge in [-0.25, -0.2) is 4.39 Å². The Morgan fingerprint density at radius 3 is 2.19 bits per heavy atom. The van der Waals surface area contributed by atoms with E-state index in [2.05, 4.69) is 12.6 Å². The van der Waals surface area contributed by atoms with E-state index >= 15 is 0 Å². The van der Waals surface area contributed by atoms with Gasteiger partial charge in [0.15, 0.2) is 5.78 Å². The number of hydrogen-bond acceptors (Lipinski definition) is 4. The van der Waals surface area contributed by atoms with E-state index < -0.39 is 10.7 Å². The normalized spacial score (nSPS) is 8.94. The van der Waals surface area contributed by atoms with Gasteiger partial charge in [-0.2, -0.15) is 12.6 Å². The second kappa shape index (κ2) is 8.06. The number of alkyl halides is 1. The number of hydrogen-bond donors (Lipinski definition) is 1. The molecule has 88 valence electrons. The summed E-state index contributed by atoms with van der Waals surface area (Å²) in [4.78, 5) is 19.4. The first-order valence-corrected chi connectivity index (χ1v) is 5.26. The third-order valence-electron chi connectivity index (χ3n) is 1.36. The maximum absolute atomic E-state index is 12.1. The van der Waals surface area contributed by atoms with E-state index in [0.29, 0.717) is 0 Å².